The van der Waals surface area contributed by atoms with Crippen molar-refractivity contribution in [3.63, 3.8) is 0 Å². The highest BCUT2D eigenvalue weighted by molar-refractivity contribution is 8.02. The molecule has 0 nitrogen and oxygen atoms in total. The Bertz CT molecular complexity index is 300. The van der Waals surface area contributed by atoms with Crippen LogP contribution in [0.2, 0.25) is 0 Å². The van der Waals surface area contributed by atoms with E-state index in [1.54, 1.807) is 11.8 Å². The number of aryl methyl sites for hydroxylation is 1. The second-order valence-electron chi connectivity index (χ2n) is 2.48. The van der Waals surface area contributed by atoms with Crippen LogP contribution in [0.3, 0.4) is 0 Å². The lowest BCUT2D eigenvalue weighted by atomic mass is 10.1. The van der Waals surface area contributed by atoms with Crippen LogP contribution in [0.25, 0.3) is 6.08 Å². The second-order valence-corrected chi connectivity index (χ2v) is 3.48. The quantitative estimate of drug-likeness (QED) is 0.630. The Labute approximate surface area is 78.0 Å². The average molecular weight is 176 g/mol. The highest BCUT2D eigenvalue weighted by Crippen LogP contribution is 2.26. The summed E-state index contributed by atoms with van der Waals surface area (Å²) >= 11 is 1.63. The van der Waals surface area contributed by atoms with E-state index in [4.69, 9.17) is 0 Å². The van der Waals surface area contributed by atoms with Gasteiger partial charge in [0, 0.05) is 4.90 Å². The molecule has 0 saturated carbocycles. The summed E-state index contributed by atoms with van der Waals surface area (Å²) < 4.78 is 0. The topological polar surface area (TPSA) is 0 Å². The van der Waals surface area contributed by atoms with Crippen molar-refractivity contribution in [2.45, 2.75) is 11.8 Å². The lowest BCUT2D eigenvalue weighted by molar-refractivity contribution is 1.33. The zero-order valence-electron chi connectivity index (χ0n) is 7.21. The van der Waals surface area contributed by atoms with Crippen LogP contribution in [0.1, 0.15) is 11.1 Å². The van der Waals surface area contributed by atoms with E-state index in [0.717, 1.165) is 0 Å². The zero-order chi connectivity index (χ0) is 8.97. The summed E-state index contributed by atoms with van der Waals surface area (Å²) in [7, 11) is 0. The van der Waals surface area contributed by atoms with Gasteiger partial charge in [0.15, 0.2) is 0 Å². The van der Waals surface area contributed by atoms with Crippen molar-refractivity contribution in [1.29, 1.82) is 0 Å². The SMILES string of the molecule is C=CSc1cccc(C)c1C=C. The molecule has 1 aromatic carbocycles. The molecular weight excluding hydrogens is 164 g/mol. The summed E-state index contributed by atoms with van der Waals surface area (Å²) in [6, 6.07) is 6.22. The fourth-order valence-corrected chi connectivity index (χ4v) is 1.82. The van der Waals surface area contributed by atoms with Gasteiger partial charge in [-0.2, -0.15) is 0 Å². The van der Waals surface area contributed by atoms with Gasteiger partial charge in [-0.3, -0.25) is 0 Å². The second kappa shape index (κ2) is 4.17. The molecule has 1 aromatic rings. The molecule has 0 N–H and O–H groups in total. The molecule has 0 aliphatic carbocycles. The lowest BCUT2D eigenvalue weighted by Crippen LogP contribution is -1.82. The minimum absolute atomic E-state index is 1.21. The van der Waals surface area contributed by atoms with Gasteiger partial charge >= 0.3 is 0 Å². The molecule has 0 amide bonds. The predicted molar refractivity (Wildman–Crippen MR) is 57.3 cm³/mol. The van der Waals surface area contributed by atoms with Gasteiger partial charge in [0.1, 0.15) is 0 Å². The first kappa shape index (κ1) is 9.14. The lowest BCUT2D eigenvalue weighted by Gasteiger charge is -2.05. The van der Waals surface area contributed by atoms with Gasteiger partial charge in [0.2, 0.25) is 0 Å². The highest BCUT2D eigenvalue weighted by Gasteiger charge is 1.99. The number of thioether (sulfide) groups is 1. The Kier molecular flexibility index (Phi) is 3.18. The van der Waals surface area contributed by atoms with Crippen LogP contribution in [0.15, 0.2) is 41.7 Å². The van der Waals surface area contributed by atoms with E-state index in [0.29, 0.717) is 0 Å². The molecule has 0 aromatic heterocycles. The van der Waals surface area contributed by atoms with Crippen molar-refractivity contribution < 1.29 is 0 Å². The first-order valence-corrected chi connectivity index (χ1v) is 4.67. The third-order valence-electron chi connectivity index (χ3n) is 1.70. The Morgan fingerprint density at radius 3 is 2.67 bits per heavy atom. The third-order valence-corrected chi connectivity index (χ3v) is 2.48. The summed E-state index contributed by atoms with van der Waals surface area (Å²) in [5.41, 5.74) is 2.47. The summed E-state index contributed by atoms with van der Waals surface area (Å²) in [4.78, 5) is 1.22. The maximum absolute atomic E-state index is 3.79. The molecule has 0 atom stereocenters. The van der Waals surface area contributed by atoms with Gasteiger partial charge < -0.3 is 0 Å². The number of benzene rings is 1. The van der Waals surface area contributed by atoms with Crippen molar-refractivity contribution in [1.82, 2.24) is 0 Å². The molecule has 0 radical (unpaired) electrons. The maximum Gasteiger partial charge on any atom is 0.0191 e. The smallest absolute Gasteiger partial charge is 0.0191 e. The molecule has 1 rings (SSSR count). The van der Waals surface area contributed by atoms with Gasteiger partial charge in [-0.05, 0) is 29.5 Å². The van der Waals surface area contributed by atoms with E-state index in [1.165, 1.54) is 16.0 Å². The Morgan fingerprint density at radius 2 is 2.08 bits per heavy atom. The van der Waals surface area contributed by atoms with Crippen molar-refractivity contribution in [3.8, 4) is 0 Å². The van der Waals surface area contributed by atoms with E-state index >= 15 is 0 Å². The van der Waals surface area contributed by atoms with Crippen molar-refractivity contribution in [3.05, 3.63) is 47.9 Å². The van der Waals surface area contributed by atoms with E-state index < -0.39 is 0 Å². The van der Waals surface area contributed by atoms with Crippen LogP contribution in [0.5, 0.6) is 0 Å². The van der Waals surface area contributed by atoms with Gasteiger partial charge in [-0.1, -0.05) is 43.1 Å². The molecule has 0 aliphatic rings. The molecule has 0 bridgehead atoms. The minimum atomic E-state index is 1.21. The van der Waals surface area contributed by atoms with E-state index in [9.17, 15) is 0 Å². The van der Waals surface area contributed by atoms with Crippen LogP contribution in [0, 0.1) is 6.92 Å². The number of rotatable bonds is 3. The number of hydrogen-bond acceptors (Lipinski definition) is 1. The average Bonchev–Trinajstić information content (AvgIpc) is 2.05. The molecule has 1 heteroatoms. The summed E-state index contributed by atoms with van der Waals surface area (Å²) in [6.07, 6.45) is 1.89. The van der Waals surface area contributed by atoms with E-state index in [2.05, 4.69) is 32.2 Å². The summed E-state index contributed by atoms with van der Waals surface area (Å²) in [5.74, 6) is 0. The zero-order valence-corrected chi connectivity index (χ0v) is 8.03. The molecular formula is C11H12S. The fourth-order valence-electron chi connectivity index (χ4n) is 1.11. The van der Waals surface area contributed by atoms with E-state index in [-0.39, 0.29) is 0 Å². The number of hydrogen-bond donors (Lipinski definition) is 0. The first-order valence-electron chi connectivity index (χ1n) is 3.79. The van der Waals surface area contributed by atoms with Crippen LogP contribution in [0.4, 0.5) is 0 Å². The first-order chi connectivity index (χ1) is 5.79. The highest BCUT2D eigenvalue weighted by atomic mass is 32.2. The molecule has 0 fully saturated rings. The predicted octanol–water partition coefficient (Wildman–Crippen LogP) is 3.87. The Balaban J connectivity index is 3.17. The van der Waals surface area contributed by atoms with Gasteiger partial charge in [0.05, 0.1) is 0 Å². The van der Waals surface area contributed by atoms with Crippen LogP contribution in [-0.2, 0) is 0 Å². The monoisotopic (exact) mass is 176 g/mol. The molecule has 0 unspecified atom stereocenters. The van der Waals surface area contributed by atoms with Gasteiger partial charge in [-0.25, -0.2) is 0 Å². The molecule has 0 saturated heterocycles. The van der Waals surface area contributed by atoms with E-state index in [1.807, 2.05) is 17.6 Å². The van der Waals surface area contributed by atoms with Gasteiger partial charge in [0.25, 0.3) is 0 Å². The third kappa shape index (κ3) is 1.80. The van der Waals surface area contributed by atoms with Crippen LogP contribution < -0.4 is 0 Å². The van der Waals surface area contributed by atoms with Crippen molar-refractivity contribution >= 4 is 17.8 Å². The van der Waals surface area contributed by atoms with Gasteiger partial charge in [-0.15, -0.1) is 0 Å². The Morgan fingerprint density at radius 1 is 1.33 bits per heavy atom. The molecule has 12 heavy (non-hydrogen) atoms. The van der Waals surface area contributed by atoms with Crippen LogP contribution in [-0.4, -0.2) is 0 Å². The normalized spacial score (nSPS) is 9.42. The summed E-state index contributed by atoms with van der Waals surface area (Å²) in [6.45, 7) is 9.56. The molecule has 0 aliphatic heterocycles. The minimum Gasteiger partial charge on any atom is -0.0984 e. The van der Waals surface area contributed by atoms with Crippen molar-refractivity contribution in [2.24, 2.45) is 0 Å². The van der Waals surface area contributed by atoms with Crippen LogP contribution >= 0.6 is 11.8 Å². The Hall–Kier alpha value is -0.950. The largest absolute Gasteiger partial charge is 0.0984 e. The molecule has 62 valence electrons. The molecule has 0 heterocycles. The molecule has 0 spiro atoms. The standard InChI is InChI=1S/C11H12S/c1-4-10-9(3)7-6-8-11(10)12-5-2/h4-8H,1-2H2,3H3. The van der Waals surface area contributed by atoms with Crippen molar-refractivity contribution in [2.75, 3.05) is 0 Å². The summed E-state index contributed by atoms with van der Waals surface area (Å²) in [5, 5.41) is 1.84. The maximum atomic E-state index is 3.79. The fraction of sp³-hybridized carbons (Fsp3) is 0.0909.